The van der Waals surface area contributed by atoms with E-state index in [1.165, 1.54) is 17.0 Å². The van der Waals surface area contributed by atoms with Gasteiger partial charge in [-0.1, -0.05) is 19.9 Å². The van der Waals surface area contributed by atoms with Gasteiger partial charge < -0.3 is 19.3 Å². The van der Waals surface area contributed by atoms with Crippen LogP contribution < -0.4 is 4.74 Å². The zero-order chi connectivity index (χ0) is 23.4. The Hall–Kier alpha value is -2.45. The molecule has 33 heavy (non-hydrogen) atoms. The number of halogens is 1. The normalized spacial score (nSPS) is 20.1. The lowest BCUT2D eigenvalue weighted by molar-refractivity contribution is -0.145. The molecule has 2 amide bonds. The van der Waals surface area contributed by atoms with E-state index in [2.05, 4.69) is 0 Å². The van der Waals surface area contributed by atoms with Crippen LogP contribution >= 0.6 is 11.3 Å². The average molecular weight is 475 g/mol. The van der Waals surface area contributed by atoms with E-state index in [-0.39, 0.29) is 48.8 Å². The zero-order valence-corrected chi connectivity index (χ0v) is 20.0. The van der Waals surface area contributed by atoms with Gasteiger partial charge in [-0.3, -0.25) is 9.59 Å². The van der Waals surface area contributed by atoms with E-state index in [1.54, 1.807) is 28.4 Å². The van der Waals surface area contributed by atoms with Crippen LogP contribution in [0.3, 0.4) is 0 Å². The summed E-state index contributed by atoms with van der Waals surface area (Å²) in [7, 11) is 0. The number of rotatable bonds is 8. The number of carbonyl (C=O) groups is 2. The van der Waals surface area contributed by atoms with E-state index < -0.39 is 0 Å². The Balaban J connectivity index is 1.50. The summed E-state index contributed by atoms with van der Waals surface area (Å²) >= 11 is 1.68. The number of nitrogens with zero attached hydrogens (tertiary/aromatic N) is 2. The maximum Gasteiger partial charge on any atom is 0.242 e. The minimum absolute atomic E-state index is 0.0163. The van der Waals surface area contributed by atoms with E-state index in [0.29, 0.717) is 25.4 Å². The highest BCUT2D eigenvalue weighted by Gasteiger charge is 2.34. The molecule has 2 aliphatic rings. The zero-order valence-electron chi connectivity index (χ0n) is 19.2. The van der Waals surface area contributed by atoms with Gasteiger partial charge in [0.25, 0.3) is 0 Å². The van der Waals surface area contributed by atoms with Crippen LogP contribution in [-0.4, -0.2) is 60.6 Å². The van der Waals surface area contributed by atoms with Crippen molar-refractivity contribution >= 4 is 23.2 Å². The van der Waals surface area contributed by atoms with E-state index in [4.69, 9.17) is 9.47 Å². The quantitative estimate of drug-likeness (QED) is 0.579. The predicted octanol–water partition coefficient (Wildman–Crippen LogP) is 4.06. The van der Waals surface area contributed by atoms with Crippen LogP contribution in [0.25, 0.3) is 0 Å². The van der Waals surface area contributed by atoms with Gasteiger partial charge >= 0.3 is 0 Å². The second-order valence-electron chi connectivity index (χ2n) is 8.93. The molecule has 2 aromatic rings. The van der Waals surface area contributed by atoms with Crippen LogP contribution in [-0.2, 0) is 20.7 Å². The third-order valence-electron chi connectivity index (χ3n) is 6.20. The Morgan fingerprint density at radius 2 is 2.18 bits per heavy atom. The fourth-order valence-corrected chi connectivity index (χ4v) is 5.42. The molecule has 0 aliphatic carbocycles. The second-order valence-corrected chi connectivity index (χ2v) is 9.93. The highest BCUT2D eigenvalue weighted by Crippen LogP contribution is 2.34. The van der Waals surface area contributed by atoms with Crippen molar-refractivity contribution in [2.24, 2.45) is 5.92 Å². The van der Waals surface area contributed by atoms with Crippen LogP contribution in [0.5, 0.6) is 5.75 Å². The van der Waals surface area contributed by atoms with Gasteiger partial charge in [0, 0.05) is 36.6 Å². The summed E-state index contributed by atoms with van der Waals surface area (Å²) in [6.45, 7) is 5.65. The molecular formula is C25H31FN2O4S. The summed E-state index contributed by atoms with van der Waals surface area (Å²) in [5.41, 5.74) is 1.07. The molecule has 0 spiro atoms. The van der Waals surface area contributed by atoms with Gasteiger partial charge in [-0.2, -0.15) is 0 Å². The van der Waals surface area contributed by atoms with Crippen LogP contribution in [0.2, 0.25) is 0 Å². The SMILES string of the molecule is CC(C)C(=O)N(CC(=O)N1CCc2sccc2C1COc1cccc(F)c1)CC1CCCO1. The molecule has 8 heteroatoms. The van der Waals surface area contributed by atoms with Crippen molar-refractivity contribution in [1.29, 1.82) is 0 Å². The third kappa shape index (κ3) is 5.73. The minimum atomic E-state index is -0.364. The number of carbonyl (C=O) groups excluding carboxylic acids is 2. The smallest absolute Gasteiger partial charge is 0.242 e. The molecule has 0 N–H and O–H groups in total. The van der Waals surface area contributed by atoms with Crippen LogP contribution in [0.1, 0.15) is 43.2 Å². The number of ether oxygens (including phenoxy) is 2. The number of fused-ring (bicyclic) bond motifs is 1. The Morgan fingerprint density at radius 1 is 1.33 bits per heavy atom. The van der Waals surface area contributed by atoms with Crippen molar-refractivity contribution in [3.8, 4) is 5.75 Å². The summed E-state index contributed by atoms with van der Waals surface area (Å²) in [5.74, 6) is -0.278. The van der Waals surface area contributed by atoms with Gasteiger partial charge in [-0.15, -0.1) is 11.3 Å². The third-order valence-corrected chi connectivity index (χ3v) is 7.20. The van der Waals surface area contributed by atoms with Gasteiger partial charge in [-0.25, -0.2) is 4.39 Å². The molecule has 1 fully saturated rings. The van der Waals surface area contributed by atoms with Crippen molar-refractivity contribution in [2.45, 2.75) is 45.3 Å². The second kappa shape index (κ2) is 10.7. The highest BCUT2D eigenvalue weighted by molar-refractivity contribution is 7.10. The Bertz CT molecular complexity index is 973. The molecule has 2 atom stereocenters. The summed E-state index contributed by atoms with van der Waals surface area (Å²) in [6, 6.07) is 7.77. The number of hydrogen-bond acceptors (Lipinski definition) is 5. The van der Waals surface area contributed by atoms with E-state index in [9.17, 15) is 14.0 Å². The summed E-state index contributed by atoms with van der Waals surface area (Å²) in [4.78, 5) is 31.1. The molecule has 178 valence electrons. The molecule has 1 aromatic heterocycles. The topological polar surface area (TPSA) is 59.1 Å². The van der Waals surface area contributed by atoms with Crippen molar-refractivity contribution in [3.05, 3.63) is 52.0 Å². The molecule has 4 rings (SSSR count). The van der Waals surface area contributed by atoms with Gasteiger partial charge in [-0.05, 0) is 48.4 Å². The lowest BCUT2D eigenvalue weighted by Gasteiger charge is -2.37. The van der Waals surface area contributed by atoms with Gasteiger partial charge in [0.05, 0.1) is 18.7 Å². The largest absolute Gasteiger partial charge is 0.491 e. The monoisotopic (exact) mass is 474 g/mol. The first kappa shape index (κ1) is 23.7. The molecule has 1 aromatic carbocycles. The first-order chi connectivity index (χ1) is 15.9. The first-order valence-corrected chi connectivity index (χ1v) is 12.4. The fourth-order valence-electron chi connectivity index (χ4n) is 4.49. The summed E-state index contributed by atoms with van der Waals surface area (Å²) in [6.07, 6.45) is 2.65. The maximum atomic E-state index is 13.6. The summed E-state index contributed by atoms with van der Waals surface area (Å²) < 4.78 is 25.2. The Labute approximate surface area is 198 Å². The standard InChI is InChI=1S/C25H31FN2O4S/c1-17(2)25(30)27(14-20-7-4-11-31-20)15-24(29)28-10-8-23-21(9-12-33-23)22(28)16-32-19-6-3-5-18(26)13-19/h3,5-6,9,12-13,17,20,22H,4,7-8,10-11,14-16H2,1-2H3. The Kier molecular flexibility index (Phi) is 7.65. The van der Waals surface area contributed by atoms with Crippen LogP contribution in [0.4, 0.5) is 4.39 Å². The van der Waals surface area contributed by atoms with Crippen LogP contribution in [0.15, 0.2) is 35.7 Å². The molecule has 0 radical (unpaired) electrons. The average Bonchev–Trinajstić information content (AvgIpc) is 3.48. The predicted molar refractivity (Wildman–Crippen MR) is 125 cm³/mol. The number of amides is 2. The fraction of sp³-hybridized carbons (Fsp3) is 0.520. The lowest BCUT2D eigenvalue weighted by Crippen LogP contribution is -2.50. The van der Waals surface area contributed by atoms with Gasteiger partial charge in [0.15, 0.2) is 0 Å². The highest BCUT2D eigenvalue weighted by atomic mass is 32.1. The van der Waals surface area contributed by atoms with E-state index in [1.807, 2.05) is 30.2 Å². The minimum Gasteiger partial charge on any atom is -0.491 e. The number of benzene rings is 1. The maximum absolute atomic E-state index is 13.6. The molecule has 2 aliphatic heterocycles. The van der Waals surface area contributed by atoms with Crippen molar-refractivity contribution < 1.29 is 23.5 Å². The van der Waals surface area contributed by atoms with Crippen molar-refractivity contribution in [3.63, 3.8) is 0 Å². The summed E-state index contributed by atoms with van der Waals surface area (Å²) in [5, 5.41) is 2.03. The van der Waals surface area contributed by atoms with E-state index in [0.717, 1.165) is 24.8 Å². The molecule has 2 unspecified atom stereocenters. The van der Waals surface area contributed by atoms with E-state index >= 15 is 0 Å². The number of thiophene rings is 1. The number of hydrogen-bond donors (Lipinski definition) is 0. The lowest BCUT2D eigenvalue weighted by atomic mass is 10.00. The molecular weight excluding hydrogens is 443 g/mol. The molecule has 0 saturated carbocycles. The Morgan fingerprint density at radius 3 is 2.91 bits per heavy atom. The van der Waals surface area contributed by atoms with Crippen LogP contribution in [0, 0.1) is 11.7 Å². The molecule has 3 heterocycles. The van der Waals surface area contributed by atoms with Gasteiger partial charge in [0.2, 0.25) is 11.8 Å². The van der Waals surface area contributed by atoms with Crippen molar-refractivity contribution in [1.82, 2.24) is 9.80 Å². The van der Waals surface area contributed by atoms with Crippen molar-refractivity contribution in [2.75, 3.05) is 32.8 Å². The molecule has 6 nitrogen and oxygen atoms in total. The molecule has 0 bridgehead atoms. The van der Waals surface area contributed by atoms with Gasteiger partial charge in [0.1, 0.15) is 18.2 Å². The molecule has 1 saturated heterocycles. The first-order valence-electron chi connectivity index (χ1n) is 11.6.